The number of carbonyl (C=O) groups excluding carboxylic acids is 2. The maximum Gasteiger partial charge on any atom is 0.265 e. The number of hydrogen-bond donors (Lipinski definition) is 3. The molecule has 1 fully saturated rings. The Bertz CT molecular complexity index is 533. The zero-order valence-corrected chi connectivity index (χ0v) is 12.5. The van der Waals surface area contributed by atoms with Gasteiger partial charge in [-0.15, -0.1) is 11.3 Å². The number of nitrogens with two attached hydrogens (primary N) is 2. The van der Waals surface area contributed by atoms with Crippen LogP contribution in [0.1, 0.15) is 45.7 Å². The van der Waals surface area contributed by atoms with Gasteiger partial charge in [-0.25, -0.2) is 0 Å². The molecule has 0 aliphatic heterocycles. The zero-order valence-electron chi connectivity index (χ0n) is 11.7. The van der Waals surface area contributed by atoms with Gasteiger partial charge in [0.2, 0.25) is 0 Å². The predicted octanol–water partition coefficient (Wildman–Crippen LogP) is 1.49. The second-order valence-corrected chi connectivity index (χ2v) is 6.26. The van der Waals surface area contributed by atoms with Crippen LogP contribution < -0.4 is 16.8 Å². The Labute approximate surface area is 122 Å². The van der Waals surface area contributed by atoms with Crippen molar-refractivity contribution in [3.63, 3.8) is 0 Å². The summed E-state index contributed by atoms with van der Waals surface area (Å²) in [5.41, 5.74) is 11.8. The van der Waals surface area contributed by atoms with Crippen molar-refractivity contribution in [2.45, 2.75) is 31.7 Å². The van der Waals surface area contributed by atoms with Crippen LogP contribution in [0, 0.1) is 0 Å². The van der Waals surface area contributed by atoms with Gasteiger partial charge < -0.3 is 21.7 Å². The van der Waals surface area contributed by atoms with Gasteiger partial charge in [-0.1, -0.05) is 12.8 Å². The van der Waals surface area contributed by atoms with E-state index in [2.05, 4.69) is 5.32 Å². The number of anilines is 2. The van der Waals surface area contributed by atoms with Crippen LogP contribution in [0.25, 0.3) is 0 Å². The first-order chi connectivity index (χ1) is 9.41. The lowest BCUT2D eigenvalue weighted by atomic mass is 10.2. The lowest BCUT2D eigenvalue weighted by molar-refractivity contribution is 0.0833. The molecule has 1 aromatic heterocycles. The van der Waals surface area contributed by atoms with E-state index in [1.807, 2.05) is 0 Å². The highest BCUT2D eigenvalue weighted by atomic mass is 32.1. The standard InChI is InChI=1S/C13H20N4O2S/c1-17(2)13(19)10-9(14)8(11(15)18)12(20-10)16-7-5-3-4-6-7/h7,16H,3-6,14H2,1-2H3,(H2,15,18). The maximum atomic E-state index is 12.1. The van der Waals surface area contributed by atoms with E-state index in [0.29, 0.717) is 15.9 Å². The van der Waals surface area contributed by atoms with E-state index in [0.717, 1.165) is 12.8 Å². The van der Waals surface area contributed by atoms with Gasteiger partial charge in [0.25, 0.3) is 11.8 Å². The number of primary amides is 1. The summed E-state index contributed by atoms with van der Waals surface area (Å²) in [7, 11) is 3.30. The molecule has 0 bridgehead atoms. The zero-order chi connectivity index (χ0) is 14.9. The van der Waals surface area contributed by atoms with Gasteiger partial charge in [-0.3, -0.25) is 9.59 Å². The van der Waals surface area contributed by atoms with Crippen molar-refractivity contribution in [3.8, 4) is 0 Å². The summed E-state index contributed by atoms with van der Waals surface area (Å²) < 4.78 is 0. The van der Waals surface area contributed by atoms with E-state index in [1.54, 1.807) is 14.1 Å². The normalized spacial score (nSPS) is 15.3. The quantitative estimate of drug-likeness (QED) is 0.783. The Morgan fingerprint density at radius 1 is 1.30 bits per heavy atom. The smallest absolute Gasteiger partial charge is 0.265 e. The number of nitrogens with zero attached hydrogens (tertiary/aromatic N) is 1. The highest BCUT2D eigenvalue weighted by Crippen LogP contribution is 2.37. The third kappa shape index (κ3) is 2.72. The minimum Gasteiger partial charge on any atom is -0.397 e. The predicted molar refractivity (Wildman–Crippen MR) is 81.1 cm³/mol. The Balaban J connectivity index is 2.36. The Morgan fingerprint density at radius 3 is 2.40 bits per heavy atom. The fourth-order valence-electron chi connectivity index (χ4n) is 2.41. The lowest BCUT2D eigenvalue weighted by Crippen LogP contribution is -2.22. The number of carbonyl (C=O) groups is 2. The summed E-state index contributed by atoms with van der Waals surface area (Å²) in [6.45, 7) is 0. The van der Waals surface area contributed by atoms with Crippen molar-refractivity contribution in [2.24, 2.45) is 5.73 Å². The molecule has 0 unspecified atom stereocenters. The summed E-state index contributed by atoms with van der Waals surface area (Å²) in [5, 5.41) is 3.93. The van der Waals surface area contributed by atoms with Gasteiger partial charge in [0.15, 0.2) is 0 Å². The number of nitrogen functional groups attached to an aromatic ring is 1. The summed E-state index contributed by atoms with van der Waals surface area (Å²) in [6, 6.07) is 0.327. The van der Waals surface area contributed by atoms with Crippen molar-refractivity contribution >= 4 is 33.8 Å². The van der Waals surface area contributed by atoms with Crippen LogP contribution in [0.4, 0.5) is 10.7 Å². The maximum absolute atomic E-state index is 12.1. The average Bonchev–Trinajstić information content (AvgIpc) is 2.96. The largest absolute Gasteiger partial charge is 0.397 e. The van der Waals surface area contributed by atoms with Crippen molar-refractivity contribution in [2.75, 3.05) is 25.1 Å². The third-order valence-electron chi connectivity index (χ3n) is 3.48. The SMILES string of the molecule is CN(C)C(=O)c1sc(NC2CCCC2)c(C(N)=O)c1N. The first-order valence-electron chi connectivity index (χ1n) is 6.62. The molecule has 1 aromatic rings. The number of amides is 2. The van der Waals surface area contributed by atoms with Crippen LogP contribution in [0.3, 0.4) is 0 Å². The molecule has 0 saturated heterocycles. The van der Waals surface area contributed by atoms with E-state index < -0.39 is 5.91 Å². The summed E-state index contributed by atoms with van der Waals surface area (Å²) in [6.07, 6.45) is 4.47. The van der Waals surface area contributed by atoms with E-state index in [4.69, 9.17) is 11.5 Å². The molecule has 1 saturated carbocycles. The third-order valence-corrected chi connectivity index (χ3v) is 4.61. The molecule has 0 spiro atoms. The molecule has 0 atom stereocenters. The Kier molecular flexibility index (Phi) is 4.17. The van der Waals surface area contributed by atoms with E-state index in [9.17, 15) is 9.59 Å². The van der Waals surface area contributed by atoms with E-state index in [1.165, 1.54) is 29.1 Å². The average molecular weight is 296 g/mol. The highest BCUT2D eigenvalue weighted by Gasteiger charge is 2.27. The molecule has 0 aromatic carbocycles. The second-order valence-electron chi connectivity index (χ2n) is 5.24. The van der Waals surface area contributed by atoms with Crippen LogP contribution in [0.15, 0.2) is 0 Å². The molecule has 2 rings (SSSR count). The second kappa shape index (κ2) is 5.70. The molecule has 110 valence electrons. The monoisotopic (exact) mass is 296 g/mol. The summed E-state index contributed by atoms with van der Waals surface area (Å²) >= 11 is 1.21. The summed E-state index contributed by atoms with van der Waals surface area (Å²) in [4.78, 5) is 25.5. The van der Waals surface area contributed by atoms with Crippen molar-refractivity contribution in [3.05, 3.63) is 10.4 Å². The number of hydrogen-bond acceptors (Lipinski definition) is 5. The van der Waals surface area contributed by atoms with Crippen LogP contribution >= 0.6 is 11.3 Å². The first-order valence-corrected chi connectivity index (χ1v) is 7.43. The first kappa shape index (κ1) is 14.6. The molecule has 2 amide bonds. The fraction of sp³-hybridized carbons (Fsp3) is 0.538. The van der Waals surface area contributed by atoms with E-state index >= 15 is 0 Å². The molecule has 1 aliphatic rings. The number of nitrogens with one attached hydrogen (secondary N) is 1. The molecule has 1 heterocycles. The van der Waals surface area contributed by atoms with E-state index in [-0.39, 0.29) is 17.2 Å². The Morgan fingerprint density at radius 2 is 1.90 bits per heavy atom. The highest BCUT2D eigenvalue weighted by molar-refractivity contribution is 7.19. The van der Waals surface area contributed by atoms with Gasteiger partial charge in [0.1, 0.15) is 9.88 Å². The van der Waals surface area contributed by atoms with Crippen molar-refractivity contribution < 1.29 is 9.59 Å². The molecular weight excluding hydrogens is 276 g/mol. The van der Waals surface area contributed by atoms with Gasteiger partial charge in [-0.2, -0.15) is 0 Å². The lowest BCUT2D eigenvalue weighted by Gasteiger charge is -2.12. The molecule has 0 radical (unpaired) electrons. The Hall–Kier alpha value is -1.76. The molecule has 7 heteroatoms. The van der Waals surface area contributed by atoms with Crippen LogP contribution in [0.5, 0.6) is 0 Å². The van der Waals surface area contributed by atoms with Crippen molar-refractivity contribution in [1.82, 2.24) is 4.90 Å². The van der Waals surface area contributed by atoms with Gasteiger partial charge in [0.05, 0.1) is 11.3 Å². The fourth-order valence-corrected chi connectivity index (χ4v) is 3.63. The van der Waals surface area contributed by atoms with Gasteiger partial charge >= 0.3 is 0 Å². The molecule has 20 heavy (non-hydrogen) atoms. The van der Waals surface area contributed by atoms with Crippen molar-refractivity contribution in [1.29, 1.82) is 0 Å². The van der Waals surface area contributed by atoms with Crippen LogP contribution in [-0.2, 0) is 0 Å². The molecule has 1 aliphatic carbocycles. The summed E-state index contributed by atoms with van der Waals surface area (Å²) in [5.74, 6) is -0.813. The topological polar surface area (TPSA) is 101 Å². The molecule has 5 N–H and O–H groups in total. The minimum atomic E-state index is -0.600. The van der Waals surface area contributed by atoms with Gasteiger partial charge in [0, 0.05) is 20.1 Å². The van der Waals surface area contributed by atoms with Crippen LogP contribution in [0.2, 0.25) is 0 Å². The number of thiophene rings is 1. The van der Waals surface area contributed by atoms with Crippen LogP contribution in [-0.4, -0.2) is 36.9 Å². The minimum absolute atomic E-state index is 0.182. The number of rotatable bonds is 4. The molecular formula is C13H20N4O2S. The van der Waals surface area contributed by atoms with Gasteiger partial charge in [-0.05, 0) is 12.8 Å². The molecule has 6 nitrogen and oxygen atoms in total.